The molecule has 0 aliphatic carbocycles. The highest BCUT2D eigenvalue weighted by molar-refractivity contribution is 6.32. The maximum atomic E-state index is 12.1. The van der Waals surface area contributed by atoms with Crippen LogP contribution in [-0.4, -0.2) is 54.6 Å². The summed E-state index contributed by atoms with van der Waals surface area (Å²) in [5.41, 5.74) is 0.353. The first kappa shape index (κ1) is 13.7. The summed E-state index contributed by atoms with van der Waals surface area (Å²) in [6.07, 6.45) is 1.04. The summed E-state index contributed by atoms with van der Waals surface area (Å²) in [5, 5.41) is 0.0952. The first-order valence-corrected chi connectivity index (χ1v) is 6.45. The molecule has 0 spiro atoms. The largest absolute Gasteiger partial charge is 0.452 e. The van der Waals surface area contributed by atoms with Crippen molar-refractivity contribution in [2.75, 3.05) is 32.8 Å². The van der Waals surface area contributed by atoms with Gasteiger partial charge in [-0.25, -0.2) is 4.79 Å². The molecule has 0 atom stereocenters. The summed E-state index contributed by atoms with van der Waals surface area (Å²) < 4.78 is 9.82. The number of ether oxygens (including phenoxy) is 1. The van der Waals surface area contributed by atoms with Crippen LogP contribution in [0.3, 0.4) is 0 Å². The third-order valence-electron chi connectivity index (χ3n) is 2.94. The maximum Gasteiger partial charge on any atom is 0.409 e. The zero-order chi connectivity index (χ0) is 13.8. The van der Waals surface area contributed by atoms with Crippen molar-refractivity contribution in [2.24, 2.45) is 0 Å². The van der Waals surface area contributed by atoms with Crippen LogP contribution in [0.2, 0.25) is 5.22 Å². The fourth-order valence-corrected chi connectivity index (χ4v) is 2.12. The number of halogens is 1. The normalized spacial score (nSPS) is 15.5. The Bertz CT molecular complexity index is 466. The molecule has 104 valence electrons. The second-order valence-electron chi connectivity index (χ2n) is 4.09. The number of hydrogen-bond acceptors (Lipinski definition) is 4. The molecule has 2 amide bonds. The monoisotopic (exact) mass is 286 g/mol. The van der Waals surface area contributed by atoms with Crippen molar-refractivity contribution in [3.63, 3.8) is 0 Å². The third kappa shape index (κ3) is 3.01. The van der Waals surface area contributed by atoms with Crippen LogP contribution < -0.4 is 0 Å². The molecule has 2 heterocycles. The lowest BCUT2D eigenvalue weighted by atomic mass is 10.2. The van der Waals surface area contributed by atoms with Crippen molar-refractivity contribution >= 4 is 23.6 Å². The SMILES string of the molecule is CCOC(=O)N1CCN(C(=O)c2ccoc2Cl)CC1. The quantitative estimate of drug-likeness (QED) is 0.832. The van der Waals surface area contributed by atoms with Gasteiger partial charge in [0.1, 0.15) is 0 Å². The molecular formula is C12H15ClN2O4. The smallest absolute Gasteiger partial charge is 0.409 e. The molecule has 2 rings (SSSR count). The summed E-state index contributed by atoms with van der Waals surface area (Å²) in [6, 6.07) is 1.54. The first-order chi connectivity index (χ1) is 9.13. The highest BCUT2D eigenvalue weighted by Gasteiger charge is 2.27. The highest BCUT2D eigenvalue weighted by atomic mass is 35.5. The first-order valence-electron chi connectivity index (χ1n) is 6.07. The second-order valence-corrected chi connectivity index (χ2v) is 4.43. The average Bonchev–Trinajstić information content (AvgIpc) is 2.84. The lowest BCUT2D eigenvalue weighted by molar-refractivity contribution is 0.0570. The van der Waals surface area contributed by atoms with Crippen LogP contribution in [0, 0.1) is 0 Å². The molecule has 1 fully saturated rings. The topological polar surface area (TPSA) is 63.0 Å². The van der Waals surface area contributed by atoms with Gasteiger partial charge in [-0.1, -0.05) is 0 Å². The van der Waals surface area contributed by atoms with Crippen LogP contribution in [0.15, 0.2) is 16.7 Å². The molecule has 0 radical (unpaired) electrons. The van der Waals surface area contributed by atoms with E-state index in [1.165, 1.54) is 6.26 Å². The Morgan fingerprint density at radius 1 is 1.32 bits per heavy atom. The fourth-order valence-electron chi connectivity index (χ4n) is 1.92. The van der Waals surface area contributed by atoms with Crippen molar-refractivity contribution in [3.05, 3.63) is 23.1 Å². The summed E-state index contributed by atoms with van der Waals surface area (Å²) in [7, 11) is 0. The van der Waals surface area contributed by atoms with Crippen molar-refractivity contribution in [2.45, 2.75) is 6.92 Å². The fraction of sp³-hybridized carbons (Fsp3) is 0.500. The van der Waals surface area contributed by atoms with E-state index in [1.807, 2.05) is 0 Å². The minimum atomic E-state index is -0.337. The summed E-state index contributed by atoms with van der Waals surface area (Å²) >= 11 is 5.78. The second kappa shape index (κ2) is 5.97. The van der Waals surface area contributed by atoms with E-state index in [2.05, 4.69) is 0 Å². The van der Waals surface area contributed by atoms with Gasteiger partial charge in [-0.15, -0.1) is 0 Å². The number of hydrogen-bond donors (Lipinski definition) is 0. The Balaban J connectivity index is 1.92. The molecule has 6 nitrogen and oxygen atoms in total. The highest BCUT2D eigenvalue weighted by Crippen LogP contribution is 2.19. The molecule has 0 aromatic carbocycles. The van der Waals surface area contributed by atoms with Crippen molar-refractivity contribution in [3.8, 4) is 0 Å². The zero-order valence-electron chi connectivity index (χ0n) is 10.6. The van der Waals surface area contributed by atoms with Crippen LogP contribution in [0.25, 0.3) is 0 Å². The van der Waals surface area contributed by atoms with E-state index in [9.17, 15) is 9.59 Å². The van der Waals surface area contributed by atoms with E-state index in [1.54, 1.807) is 22.8 Å². The number of carbonyl (C=O) groups excluding carboxylic acids is 2. The van der Waals surface area contributed by atoms with Crippen LogP contribution >= 0.6 is 11.6 Å². The lowest BCUT2D eigenvalue weighted by Crippen LogP contribution is -2.50. The lowest BCUT2D eigenvalue weighted by Gasteiger charge is -2.33. The van der Waals surface area contributed by atoms with Crippen molar-refractivity contribution in [1.82, 2.24) is 9.80 Å². The van der Waals surface area contributed by atoms with Crippen LogP contribution in [-0.2, 0) is 4.74 Å². The number of rotatable bonds is 2. The number of piperazine rings is 1. The van der Waals surface area contributed by atoms with Crippen LogP contribution in [0.4, 0.5) is 4.79 Å². The Kier molecular flexibility index (Phi) is 4.31. The standard InChI is InChI=1S/C12H15ClN2O4/c1-2-18-12(17)15-6-4-14(5-7-15)11(16)9-3-8-19-10(9)13/h3,8H,2,4-7H2,1H3. The zero-order valence-corrected chi connectivity index (χ0v) is 11.4. The Labute approximate surface area is 115 Å². The van der Waals surface area contributed by atoms with Gasteiger partial charge >= 0.3 is 6.09 Å². The van der Waals surface area contributed by atoms with Crippen LogP contribution in [0.1, 0.15) is 17.3 Å². The van der Waals surface area contributed by atoms with Gasteiger partial charge in [0.15, 0.2) is 0 Å². The molecule has 0 N–H and O–H groups in total. The molecule has 0 unspecified atom stereocenters. The van der Waals surface area contributed by atoms with Gasteiger partial charge in [0, 0.05) is 26.2 Å². The van der Waals surface area contributed by atoms with E-state index in [0.717, 1.165) is 0 Å². The molecular weight excluding hydrogens is 272 g/mol. The minimum absolute atomic E-state index is 0.0952. The number of carbonyl (C=O) groups is 2. The molecule has 1 aliphatic heterocycles. The molecule has 1 aliphatic rings. The summed E-state index contributed by atoms with van der Waals surface area (Å²) in [6.45, 7) is 3.94. The van der Waals surface area contributed by atoms with Gasteiger partial charge in [0.05, 0.1) is 18.4 Å². The molecule has 7 heteroatoms. The average molecular weight is 287 g/mol. The summed E-state index contributed by atoms with van der Waals surface area (Å²) in [5.74, 6) is -0.178. The van der Waals surface area contributed by atoms with E-state index < -0.39 is 0 Å². The Morgan fingerprint density at radius 3 is 2.47 bits per heavy atom. The van der Waals surface area contributed by atoms with Gasteiger partial charge < -0.3 is 19.0 Å². The van der Waals surface area contributed by atoms with Gasteiger partial charge in [-0.05, 0) is 24.6 Å². The van der Waals surface area contributed by atoms with Gasteiger partial charge in [-0.2, -0.15) is 0 Å². The molecule has 19 heavy (non-hydrogen) atoms. The van der Waals surface area contributed by atoms with E-state index in [4.69, 9.17) is 20.8 Å². The van der Waals surface area contributed by atoms with Crippen molar-refractivity contribution < 1.29 is 18.7 Å². The summed E-state index contributed by atoms with van der Waals surface area (Å²) in [4.78, 5) is 26.9. The molecule has 0 saturated carbocycles. The predicted molar refractivity (Wildman–Crippen MR) is 68.2 cm³/mol. The van der Waals surface area contributed by atoms with Crippen LogP contribution in [0.5, 0.6) is 0 Å². The number of furan rings is 1. The molecule has 0 bridgehead atoms. The van der Waals surface area contributed by atoms with Gasteiger partial charge in [-0.3, -0.25) is 4.79 Å². The minimum Gasteiger partial charge on any atom is -0.452 e. The Hall–Kier alpha value is -1.69. The number of nitrogens with zero attached hydrogens (tertiary/aromatic N) is 2. The van der Waals surface area contributed by atoms with E-state index >= 15 is 0 Å². The van der Waals surface area contributed by atoms with E-state index in [0.29, 0.717) is 38.3 Å². The number of amides is 2. The van der Waals surface area contributed by atoms with E-state index in [-0.39, 0.29) is 17.2 Å². The van der Waals surface area contributed by atoms with Crippen molar-refractivity contribution in [1.29, 1.82) is 0 Å². The van der Waals surface area contributed by atoms with Gasteiger partial charge in [0.25, 0.3) is 5.91 Å². The maximum absolute atomic E-state index is 12.1. The Morgan fingerprint density at radius 2 is 1.95 bits per heavy atom. The predicted octanol–water partition coefficient (Wildman–Crippen LogP) is 1.85. The molecule has 1 aromatic heterocycles. The molecule has 1 saturated heterocycles. The van der Waals surface area contributed by atoms with Gasteiger partial charge in [0.2, 0.25) is 5.22 Å². The third-order valence-corrected chi connectivity index (χ3v) is 3.23. The molecule has 1 aromatic rings.